The molecule has 2 aliphatic rings. The second-order valence-electron chi connectivity index (χ2n) is 5.70. The minimum atomic E-state index is 0.181. The standard InChI is InChI=1S/C16H18N2O/c17-8-7-11-1-3-12(4-2-11)16(19)13-9-14-5-6-15(10-13)18-14/h1-4,13-15,18H,5-7,9-10H2. The van der Waals surface area contributed by atoms with Crippen LogP contribution in [-0.2, 0) is 6.42 Å². The van der Waals surface area contributed by atoms with Gasteiger partial charge in [-0.2, -0.15) is 5.26 Å². The van der Waals surface area contributed by atoms with E-state index in [4.69, 9.17) is 5.26 Å². The number of Topliss-reactive ketones (excluding diaryl/α,β-unsaturated/α-hetero) is 1. The van der Waals surface area contributed by atoms with Gasteiger partial charge in [0.2, 0.25) is 0 Å². The van der Waals surface area contributed by atoms with Gasteiger partial charge in [0, 0.05) is 23.6 Å². The molecule has 0 saturated carbocycles. The number of piperidine rings is 1. The molecule has 0 amide bonds. The molecule has 2 aliphatic heterocycles. The SMILES string of the molecule is N#CCc1ccc(C(=O)C2CC3CCC(C2)N3)cc1. The average Bonchev–Trinajstić information content (AvgIpc) is 2.78. The normalized spacial score (nSPS) is 28.9. The molecule has 3 nitrogen and oxygen atoms in total. The highest BCUT2D eigenvalue weighted by molar-refractivity contribution is 5.98. The number of nitrogens with zero attached hydrogens (tertiary/aromatic N) is 1. The second kappa shape index (κ2) is 5.14. The number of fused-ring (bicyclic) bond motifs is 2. The van der Waals surface area contributed by atoms with Crippen LogP contribution in [0.4, 0.5) is 0 Å². The summed E-state index contributed by atoms with van der Waals surface area (Å²) in [6.07, 6.45) is 4.81. The van der Waals surface area contributed by atoms with E-state index < -0.39 is 0 Å². The van der Waals surface area contributed by atoms with Gasteiger partial charge in [-0.15, -0.1) is 0 Å². The molecule has 2 saturated heterocycles. The highest BCUT2D eigenvalue weighted by Gasteiger charge is 2.36. The maximum absolute atomic E-state index is 12.5. The van der Waals surface area contributed by atoms with Gasteiger partial charge in [0.15, 0.2) is 5.78 Å². The Balaban J connectivity index is 1.71. The van der Waals surface area contributed by atoms with Gasteiger partial charge in [0.25, 0.3) is 0 Å². The molecule has 0 aliphatic carbocycles. The highest BCUT2D eigenvalue weighted by atomic mass is 16.1. The molecule has 2 fully saturated rings. The number of carbonyl (C=O) groups is 1. The van der Waals surface area contributed by atoms with E-state index in [0.29, 0.717) is 18.5 Å². The predicted octanol–water partition coefficient (Wildman–Crippen LogP) is 2.47. The van der Waals surface area contributed by atoms with Crippen molar-refractivity contribution >= 4 is 5.78 Å². The average molecular weight is 254 g/mol. The lowest BCUT2D eigenvalue weighted by Crippen LogP contribution is -2.40. The number of ketones is 1. The Bertz CT molecular complexity index is 503. The summed E-state index contributed by atoms with van der Waals surface area (Å²) in [6.45, 7) is 0. The number of carbonyl (C=O) groups excluding carboxylic acids is 1. The smallest absolute Gasteiger partial charge is 0.166 e. The number of hydrogen-bond acceptors (Lipinski definition) is 3. The van der Waals surface area contributed by atoms with E-state index in [1.165, 1.54) is 12.8 Å². The summed E-state index contributed by atoms with van der Waals surface area (Å²) < 4.78 is 0. The van der Waals surface area contributed by atoms with Gasteiger partial charge in [-0.1, -0.05) is 24.3 Å². The van der Waals surface area contributed by atoms with Crippen molar-refractivity contribution in [2.45, 2.75) is 44.2 Å². The van der Waals surface area contributed by atoms with Gasteiger partial charge in [-0.3, -0.25) is 4.79 Å². The van der Waals surface area contributed by atoms with Crippen LogP contribution in [0.2, 0.25) is 0 Å². The van der Waals surface area contributed by atoms with E-state index >= 15 is 0 Å². The number of hydrogen-bond donors (Lipinski definition) is 1. The molecule has 0 aromatic heterocycles. The Kier molecular flexibility index (Phi) is 3.35. The minimum Gasteiger partial charge on any atom is -0.311 e. The van der Waals surface area contributed by atoms with Crippen LogP contribution in [0.25, 0.3) is 0 Å². The first-order chi connectivity index (χ1) is 9.26. The van der Waals surface area contributed by atoms with Crippen molar-refractivity contribution in [2.75, 3.05) is 0 Å². The van der Waals surface area contributed by atoms with Gasteiger partial charge in [-0.25, -0.2) is 0 Å². The van der Waals surface area contributed by atoms with E-state index in [9.17, 15) is 4.79 Å². The molecule has 2 unspecified atom stereocenters. The molecule has 1 aromatic rings. The fourth-order valence-electron chi connectivity index (χ4n) is 3.39. The summed E-state index contributed by atoms with van der Waals surface area (Å²) in [4.78, 5) is 12.5. The van der Waals surface area contributed by atoms with Gasteiger partial charge < -0.3 is 5.32 Å². The fraction of sp³-hybridized carbons (Fsp3) is 0.500. The van der Waals surface area contributed by atoms with Crippen molar-refractivity contribution < 1.29 is 4.79 Å². The molecule has 2 atom stereocenters. The molecule has 2 heterocycles. The summed E-state index contributed by atoms with van der Waals surface area (Å²) in [5, 5.41) is 12.2. The molecular formula is C16H18N2O. The molecule has 0 radical (unpaired) electrons. The Morgan fingerprint density at radius 3 is 2.42 bits per heavy atom. The predicted molar refractivity (Wildman–Crippen MR) is 72.8 cm³/mol. The Morgan fingerprint density at radius 2 is 1.84 bits per heavy atom. The minimum absolute atomic E-state index is 0.181. The van der Waals surface area contributed by atoms with Crippen LogP contribution in [0.1, 0.15) is 41.6 Å². The molecular weight excluding hydrogens is 236 g/mol. The molecule has 1 aromatic carbocycles. The van der Waals surface area contributed by atoms with Crippen LogP contribution in [0.5, 0.6) is 0 Å². The summed E-state index contributed by atoms with van der Waals surface area (Å²) in [5.74, 6) is 0.461. The molecule has 3 heteroatoms. The van der Waals surface area contributed by atoms with Crippen molar-refractivity contribution in [2.24, 2.45) is 5.92 Å². The monoisotopic (exact) mass is 254 g/mol. The quantitative estimate of drug-likeness (QED) is 0.843. The van der Waals surface area contributed by atoms with Crippen molar-refractivity contribution in [1.29, 1.82) is 5.26 Å². The van der Waals surface area contributed by atoms with Crippen LogP contribution >= 0.6 is 0 Å². The Labute approximate surface area is 113 Å². The van der Waals surface area contributed by atoms with E-state index in [2.05, 4.69) is 11.4 Å². The van der Waals surface area contributed by atoms with Crippen molar-refractivity contribution in [3.8, 4) is 6.07 Å². The molecule has 3 rings (SSSR count). The topological polar surface area (TPSA) is 52.9 Å². The molecule has 98 valence electrons. The zero-order valence-corrected chi connectivity index (χ0v) is 10.9. The van der Waals surface area contributed by atoms with Crippen LogP contribution in [0.15, 0.2) is 24.3 Å². The third kappa shape index (κ3) is 2.54. The van der Waals surface area contributed by atoms with Gasteiger partial charge in [0.05, 0.1) is 12.5 Å². The van der Waals surface area contributed by atoms with Crippen molar-refractivity contribution in [3.63, 3.8) is 0 Å². The maximum Gasteiger partial charge on any atom is 0.166 e. The zero-order chi connectivity index (χ0) is 13.2. The lowest BCUT2D eigenvalue weighted by Gasteiger charge is -2.28. The first-order valence-corrected chi connectivity index (χ1v) is 7.02. The van der Waals surface area contributed by atoms with Crippen LogP contribution < -0.4 is 5.32 Å². The summed E-state index contributed by atoms with van der Waals surface area (Å²) in [5.41, 5.74) is 1.78. The highest BCUT2D eigenvalue weighted by Crippen LogP contribution is 2.32. The largest absolute Gasteiger partial charge is 0.311 e. The third-order valence-corrected chi connectivity index (χ3v) is 4.37. The number of benzene rings is 1. The summed E-state index contributed by atoms with van der Waals surface area (Å²) >= 11 is 0. The van der Waals surface area contributed by atoms with Gasteiger partial charge >= 0.3 is 0 Å². The Hall–Kier alpha value is -1.66. The van der Waals surface area contributed by atoms with E-state index in [0.717, 1.165) is 24.0 Å². The van der Waals surface area contributed by atoms with Gasteiger partial charge in [-0.05, 0) is 31.2 Å². The number of rotatable bonds is 3. The first kappa shape index (κ1) is 12.4. The summed E-state index contributed by atoms with van der Waals surface area (Å²) in [6, 6.07) is 10.8. The van der Waals surface area contributed by atoms with E-state index in [1.807, 2.05) is 24.3 Å². The fourth-order valence-corrected chi connectivity index (χ4v) is 3.39. The molecule has 0 spiro atoms. The molecule has 19 heavy (non-hydrogen) atoms. The lowest BCUT2D eigenvalue weighted by molar-refractivity contribution is 0.0875. The molecule has 1 N–H and O–H groups in total. The van der Waals surface area contributed by atoms with Crippen molar-refractivity contribution in [3.05, 3.63) is 35.4 Å². The lowest BCUT2D eigenvalue weighted by atomic mass is 9.86. The van der Waals surface area contributed by atoms with Crippen molar-refractivity contribution in [1.82, 2.24) is 5.32 Å². The van der Waals surface area contributed by atoms with Crippen LogP contribution in [0, 0.1) is 17.2 Å². The molecule has 2 bridgehead atoms. The summed E-state index contributed by atoms with van der Waals surface area (Å²) in [7, 11) is 0. The third-order valence-electron chi connectivity index (χ3n) is 4.37. The zero-order valence-electron chi connectivity index (χ0n) is 10.9. The van der Waals surface area contributed by atoms with E-state index in [-0.39, 0.29) is 11.7 Å². The first-order valence-electron chi connectivity index (χ1n) is 7.02. The Morgan fingerprint density at radius 1 is 1.21 bits per heavy atom. The maximum atomic E-state index is 12.5. The number of nitrogens with one attached hydrogen (secondary N) is 1. The number of nitriles is 1. The van der Waals surface area contributed by atoms with Crippen LogP contribution in [-0.4, -0.2) is 17.9 Å². The van der Waals surface area contributed by atoms with Gasteiger partial charge in [0.1, 0.15) is 0 Å². The van der Waals surface area contributed by atoms with Crippen LogP contribution in [0.3, 0.4) is 0 Å². The van der Waals surface area contributed by atoms with E-state index in [1.54, 1.807) is 0 Å². The second-order valence-corrected chi connectivity index (χ2v) is 5.70.